The molecular formula is C26H29FN4. The Morgan fingerprint density at radius 1 is 1.00 bits per heavy atom. The zero-order valence-corrected chi connectivity index (χ0v) is 17.9. The molecule has 0 amide bonds. The number of rotatable bonds is 6. The molecule has 2 aliphatic rings. The Balaban J connectivity index is 1.31. The van der Waals surface area contributed by atoms with E-state index in [4.69, 9.17) is 4.98 Å². The molecule has 31 heavy (non-hydrogen) atoms. The van der Waals surface area contributed by atoms with Crippen LogP contribution in [-0.4, -0.2) is 41.0 Å². The summed E-state index contributed by atoms with van der Waals surface area (Å²) >= 11 is 0. The van der Waals surface area contributed by atoms with Gasteiger partial charge in [-0.2, -0.15) is 0 Å². The molecule has 1 fully saturated rings. The minimum absolute atomic E-state index is 0.191. The minimum Gasteiger partial charge on any atom is -0.354 e. The summed E-state index contributed by atoms with van der Waals surface area (Å²) in [5.41, 5.74) is 5.68. The number of nitrogens with one attached hydrogen (secondary N) is 1. The number of anilines is 1. The van der Waals surface area contributed by atoms with Gasteiger partial charge in [-0.1, -0.05) is 42.8 Å². The van der Waals surface area contributed by atoms with Crippen LogP contribution in [0.1, 0.15) is 48.3 Å². The Bertz CT molecular complexity index is 1030. The van der Waals surface area contributed by atoms with Gasteiger partial charge in [0.15, 0.2) is 0 Å². The minimum atomic E-state index is -0.201. The van der Waals surface area contributed by atoms with Crippen molar-refractivity contribution in [1.82, 2.24) is 14.9 Å². The summed E-state index contributed by atoms with van der Waals surface area (Å²) in [6.07, 6.45) is 7.93. The Morgan fingerprint density at radius 2 is 1.81 bits per heavy atom. The molecule has 5 heteroatoms. The summed E-state index contributed by atoms with van der Waals surface area (Å²) < 4.78 is 13.4. The van der Waals surface area contributed by atoms with E-state index in [1.807, 2.05) is 18.3 Å². The van der Waals surface area contributed by atoms with Crippen LogP contribution in [0.5, 0.6) is 0 Å². The van der Waals surface area contributed by atoms with Gasteiger partial charge in [0.2, 0.25) is 5.95 Å². The highest BCUT2D eigenvalue weighted by Gasteiger charge is 2.27. The highest BCUT2D eigenvalue weighted by atomic mass is 19.1. The van der Waals surface area contributed by atoms with Crippen LogP contribution in [0.15, 0.2) is 54.7 Å². The molecule has 3 aromatic rings. The number of fused-ring (bicyclic) bond motifs is 3. The van der Waals surface area contributed by atoms with Gasteiger partial charge in [0.1, 0.15) is 5.82 Å². The number of aromatic nitrogens is 2. The van der Waals surface area contributed by atoms with Crippen LogP contribution >= 0.6 is 0 Å². The number of likely N-dealkylation sites (tertiary alicyclic amines) is 1. The number of hydrogen-bond donors (Lipinski definition) is 1. The molecule has 2 aromatic carbocycles. The topological polar surface area (TPSA) is 41.1 Å². The van der Waals surface area contributed by atoms with Crippen molar-refractivity contribution in [3.8, 4) is 11.3 Å². The third-order valence-corrected chi connectivity index (χ3v) is 6.54. The number of benzene rings is 2. The zero-order chi connectivity index (χ0) is 21.0. The Hall–Kier alpha value is -2.79. The second-order valence-electron chi connectivity index (χ2n) is 8.65. The average Bonchev–Trinajstić information content (AvgIpc) is 2.83. The second kappa shape index (κ2) is 9.15. The molecule has 1 aromatic heterocycles. The zero-order valence-electron chi connectivity index (χ0n) is 17.9. The van der Waals surface area contributed by atoms with Crippen molar-refractivity contribution in [3.05, 3.63) is 77.2 Å². The van der Waals surface area contributed by atoms with Gasteiger partial charge >= 0.3 is 0 Å². The lowest BCUT2D eigenvalue weighted by atomic mass is 9.78. The van der Waals surface area contributed by atoms with Gasteiger partial charge in [-0.3, -0.25) is 0 Å². The van der Waals surface area contributed by atoms with Crippen LogP contribution in [0.25, 0.3) is 11.3 Å². The van der Waals surface area contributed by atoms with Crippen molar-refractivity contribution in [2.45, 2.75) is 38.0 Å². The summed E-state index contributed by atoms with van der Waals surface area (Å²) in [5, 5.41) is 3.42. The van der Waals surface area contributed by atoms with Crippen LogP contribution < -0.4 is 5.32 Å². The van der Waals surface area contributed by atoms with Crippen molar-refractivity contribution in [1.29, 1.82) is 0 Å². The molecule has 0 spiro atoms. The molecule has 1 saturated heterocycles. The normalized spacial score (nSPS) is 18.3. The highest BCUT2D eigenvalue weighted by molar-refractivity contribution is 5.72. The lowest BCUT2D eigenvalue weighted by Crippen LogP contribution is -2.31. The third-order valence-electron chi connectivity index (χ3n) is 6.54. The predicted octanol–water partition coefficient (Wildman–Crippen LogP) is 5.26. The summed E-state index contributed by atoms with van der Waals surface area (Å²) in [6.45, 7) is 4.50. The van der Waals surface area contributed by atoms with Gasteiger partial charge in [-0.25, -0.2) is 14.4 Å². The maximum atomic E-state index is 13.4. The molecule has 2 heterocycles. The predicted molar refractivity (Wildman–Crippen MR) is 123 cm³/mol. The van der Waals surface area contributed by atoms with Crippen molar-refractivity contribution in [2.24, 2.45) is 0 Å². The fourth-order valence-electron chi connectivity index (χ4n) is 4.90. The monoisotopic (exact) mass is 416 g/mol. The first kappa shape index (κ1) is 20.1. The van der Waals surface area contributed by atoms with E-state index in [-0.39, 0.29) is 11.7 Å². The molecule has 0 bridgehead atoms. The molecule has 1 unspecified atom stereocenters. The quantitative estimate of drug-likeness (QED) is 0.557. The molecule has 0 radical (unpaired) electrons. The standard InChI is InChI=1S/C26H29FN4/c27-21-11-9-19(10-12-21)24-17-20-18-29-26(28-13-6-16-31-14-4-1-5-15-31)30-25(20)23-8-3-2-7-22(23)24/h2-3,7-12,18,24H,1,4-6,13-17H2,(H,28,29,30). The lowest BCUT2D eigenvalue weighted by molar-refractivity contribution is 0.228. The molecule has 0 saturated carbocycles. The van der Waals surface area contributed by atoms with Crippen molar-refractivity contribution >= 4 is 5.95 Å². The van der Waals surface area contributed by atoms with Crippen LogP contribution in [0.2, 0.25) is 0 Å². The summed E-state index contributed by atoms with van der Waals surface area (Å²) in [6, 6.07) is 15.3. The van der Waals surface area contributed by atoms with E-state index in [1.54, 1.807) is 12.1 Å². The Labute approximate surface area is 183 Å². The third kappa shape index (κ3) is 4.47. The van der Waals surface area contributed by atoms with E-state index in [1.165, 1.54) is 37.9 Å². The first-order valence-corrected chi connectivity index (χ1v) is 11.4. The summed E-state index contributed by atoms with van der Waals surface area (Å²) in [7, 11) is 0. The Morgan fingerprint density at radius 3 is 2.65 bits per heavy atom. The van der Waals surface area contributed by atoms with Crippen molar-refractivity contribution in [3.63, 3.8) is 0 Å². The number of piperidine rings is 1. The van der Waals surface area contributed by atoms with Crippen LogP contribution in [-0.2, 0) is 6.42 Å². The largest absolute Gasteiger partial charge is 0.354 e. The maximum absolute atomic E-state index is 13.4. The maximum Gasteiger partial charge on any atom is 0.223 e. The molecule has 4 nitrogen and oxygen atoms in total. The molecule has 1 atom stereocenters. The molecule has 5 rings (SSSR count). The van der Waals surface area contributed by atoms with E-state index in [2.05, 4.69) is 39.5 Å². The summed E-state index contributed by atoms with van der Waals surface area (Å²) in [5.74, 6) is 0.691. The van der Waals surface area contributed by atoms with Crippen LogP contribution in [0, 0.1) is 5.82 Å². The van der Waals surface area contributed by atoms with Gasteiger partial charge in [-0.05, 0) is 74.1 Å². The van der Waals surface area contributed by atoms with Gasteiger partial charge in [0.25, 0.3) is 0 Å². The van der Waals surface area contributed by atoms with E-state index in [0.717, 1.165) is 48.3 Å². The van der Waals surface area contributed by atoms with Crippen LogP contribution in [0.4, 0.5) is 10.3 Å². The first-order chi connectivity index (χ1) is 15.3. The SMILES string of the molecule is Fc1ccc(C2Cc3cnc(NCCCN4CCCCC4)nc3-c3ccccc32)cc1. The second-order valence-corrected chi connectivity index (χ2v) is 8.65. The van der Waals surface area contributed by atoms with Crippen molar-refractivity contribution in [2.75, 3.05) is 31.5 Å². The smallest absolute Gasteiger partial charge is 0.223 e. The molecule has 1 aliphatic heterocycles. The molecule has 1 aliphatic carbocycles. The number of hydrogen-bond acceptors (Lipinski definition) is 4. The van der Waals surface area contributed by atoms with E-state index in [9.17, 15) is 4.39 Å². The fraction of sp³-hybridized carbons (Fsp3) is 0.385. The van der Waals surface area contributed by atoms with Gasteiger partial charge in [-0.15, -0.1) is 0 Å². The van der Waals surface area contributed by atoms with E-state index < -0.39 is 0 Å². The highest BCUT2D eigenvalue weighted by Crippen LogP contribution is 2.41. The number of halogens is 1. The van der Waals surface area contributed by atoms with Gasteiger partial charge in [0, 0.05) is 24.2 Å². The first-order valence-electron chi connectivity index (χ1n) is 11.4. The lowest BCUT2D eigenvalue weighted by Gasteiger charge is -2.28. The Kier molecular flexibility index (Phi) is 5.94. The van der Waals surface area contributed by atoms with E-state index in [0.29, 0.717) is 5.95 Å². The van der Waals surface area contributed by atoms with Gasteiger partial charge < -0.3 is 10.2 Å². The summed E-state index contributed by atoms with van der Waals surface area (Å²) in [4.78, 5) is 12.0. The molecule has 1 N–H and O–H groups in total. The average molecular weight is 417 g/mol. The van der Waals surface area contributed by atoms with Crippen molar-refractivity contribution < 1.29 is 4.39 Å². The van der Waals surface area contributed by atoms with E-state index >= 15 is 0 Å². The number of nitrogens with zero attached hydrogens (tertiary/aromatic N) is 3. The fourth-order valence-corrected chi connectivity index (χ4v) is 4.90. The molecule has 160 valence electrons. The molecular weight excluding hydrogens is 387 g/mol. The van der Waals surface area contributed by atoms with Crippen LogP contribution in [0.3, 0.4) is 0 Å². The van der Waals surface area contributed by atoms with Gasteiger partial charge in [0.05, 0.1) is 5.69 Å².